The Morgan fingerprint density at radius 3 is 2.79 bits per heavy atom. The molecule has 146 valence electrons. The number of ether oxygens (including phenoxy) is 1. The molecule has 2 aromatic carbocycles. The summed E-state index contributed by atoms with van der Waals surface area (Å²) in [6.07, 6.45) is 2.20. The van der Waals surface area contributed by atoms with Crippen LogP contribution in [0.1, 0.15) is 25.3 Å². The number of hydrogen-bond acceptors (Lipinski definition) is 4. The zero-order chi connectivity index (χ0) is 19.5. The van der Waals surface area contributed by atoms with Gasteiger partial charge in [-0.3, -0.25) is 4.99 Å². The molecule has 0 spiro atoms. The Morgan fingerprint density at radius 2 is 2.07 bits per heavy atom. The minimum Gasteiger partial charge on any atom is -0.505 e. The molecule has 1 aliphatic rings. The van der Waals surface area contributed by atoms with Crippen LogP contribution in [0.3, 0.4) is 0 Å². The van der Waals surface area contributed by atoms with Gasteiger partial charge in [0.05, 0.1) is 11.2 Å². The molecule has 0 bridgehead atoms. The largest absolute Gasteiger partial charge is 0.505 e. The molecule has 1 atom stereocenters. The van der Waals surface area contributed by atoms with Crippen LogP contribution in [0.2, 0.25) is 0 Å². The van der Waals surface area contributed by atoms with Crippen molar-refractivity contribution in [2.75, 3.05) is 19.6 Å². The fourth-order valence-electron chi connectivity index (χ4n) is 3.50. The van der Waals surface area contributed by atoms with Crippen LogP contribution in [0.5, 0.6) is 11.5 Å². The molecule has 1 saturated heterocycles. The Hall–Kier alpha value is -2.99. The van der Waals surface area contributed by atoms with E-state index >= 15 is 0 Å². The molecule has 0 amide bonds. The molecule has 4 rings (SSSR count). The zero-order valence-electron chi connectivity index (χ0n) is 16.0. The van der Waals surface area contributed by atoms with E-state index in [9.17, 15) is 5.11 Å². The van der Waals surface area contributed by atoms with Gasteiger partial charge in [-0.2, -0.15) is 0 Å². The Balaban J connectivity index is 1.60. The number of aromatic hydroxyl groups is 1. The Bertz CT molecular complexity index is 986. The van der Waals surface area contributed by atoms with Gasteiger partial charge in [-0.15, -0.1) is 0 Å². The molecule has 1 aromatic heterocycles. The van der Waals surface area contributed by atoms with E-state index in [0.29, 0.717) is 18.1 Å². The molecule has 3 aromatic rings. The first-order chi connectivity index (χ1) is 13.7. The minimum absolute atomic E-state index is 0.227. The van der Waals surface area contributed by atoms with Gasteiger partial charge in [0.15, 0.2) is 0 Å². The quantitative estimate of drug-likeness (QED) is 0.390. The second-order valence-corrected chi connectivity index (χ2v) is 7.13. The molecule has 0 radical (unpaired) electrons. The predicted octanol–water partition coefficient (Wildman–Crippen LogP) is 3.40. The number of aliphatic imine (C=N–C) groups is 1. The third-order valence-electron chi connectivity index (χ3n) is 5.03. The molecule has 5 N–H and O–H groups in total. The van der Waals surface area contributed by atoms with E-state index in [1.165, 1.54) is 0 Å². The van der Waals surface area contributed by atoms with Crippen LogP contribution in [0, 0.1) is 0 Å². The zero-order valence-corrected chi connectivity index (χ0v) is 16.0. The summed E-state index contributed by atoms with van der Waals surface area (Å²) in [5.41, 5.74) is 9.34. The fourth-order valence-corrected chi connectivity index (χ4v) is 3.50. The lowest BCUT2D eigenvalue weighted by Gasteiger charge is -2.12. The topological polar surface area (TPSA) is 95.7 Å². The van der Waals surface area contributed by atoms with Gasteiger partial charge < -0.3 is 25.9 Å². The number of H-pyrrole nitrogens is 1. The van der Waals surface area contributed by atoms with Crippen molar-refractivity contribution in [3.8, 4) is 22.8 Å². The van der Waals surface area contributed by atoms with Gasteiger partial charge in [0.25, 0.3) is 0 Å². The van der Waals surface area contributed by atoms with Gasteiger partial charge in [0, 0.05) is 29.6 Å². The third kappa shape index (κ3) is 3.68. The van der Waals surface area contributed by atoms with Crippen molar-refractivity contribution in [3.05, 3.63) is 48.0 Å². The standard InChI is InChI=1S/C22H26N4O2/c1-2-10-25-22(23)15-5-8-18-19(12-15)26-20(21(18)27)14-3-6-16(7-4-14)28-17-9-11-24-13-17/h3-8,12,17,24,26-27H,2,9-11,13H2,1H3,(H2,23,25)/t17-/m0/s1. The van der Waals surface area contributed by atoms with Crippen molar-refractivity contribution in [1.29, 1.82) is 0 Å². The second kappa shape index (κ2) is 7.94. The van der Waals surface area contributed by atoms with Crippen molar-refractivity contribution in [2.24, 2.45) is 10.7 Å². The molecule has 0 unspecified atom stereocenters. The number of rotatable bonds is 6. The van der Waals surface area contributed by atoms with Crippen LogP contribution in [-0.2, 0) is 0 Å². The lowest BCUT2D eigenvalue weighted by Crippen LogP contribution is -2.19. The summed E-state index contributed by atoms with van der Waals surface area (Å²) in [6, 6.07) is 13.5. The summed E-state index contributed by atoms with van der Waals surface area (Å²) in [5.74, 6) is 1.59. The summed E-state index contributed by atoms with van der Waals surface area (Å²) in [5, 5.41) is 14.7. The summed E-state index contributed by atoms with van der Waals surface area (Å²) < 4.78 is 5.97. The average Bonchev–Trinajstić information content (AvgIpc) is 3.34. The van der Waals surface area contributed by atoms with E-state index in [4.69, 9.17) is 10.5 Å². The molecular weight excluding hydrogens is 352 g/mol. The number of nitrogens with two attached hydrogens (primary N) is 1. The normalized spacial score (nSPS) is 17.3. The number of nitrogens with one attached hydrogen (secondary N) is 2. The number of aromatic nitrogens is 1. The van der Waals surface area contributed by atoms with Crippen molar-refractivity contribution >= 4 is 16.7 Å². The van der Waals surface area contributed by atoms with Crippen molar-refractivity contribution in [3.63, 3.8) is 0 Å². The first-order valence-electron chi connectivity index (χ1n) is 9.78. The van der Waals surface area contributed by atoms with Gasteiger partial charge in [-0.05, 0) is 55.8 Å². The highest BCUT2D eigenvalue weighted by molar-refractivity contribution is 6.03. The van der Waals surface area contributed by atoms with E-state index < -0.39 is 0 Å². The van der Waals surface area contributed by atoms with Crippen LogP contribution in [0.4, 0.5) is 0 Å². The fraction of sp³-hybridized carbons (Fsp3) is 0.318. The van der Waals surface area contributed by atoms with Gasteiger partial charge in [0.2, 0.25) is 0 Å². The molecule has 28 heavy (non-hydrogen) atoms. The highest BCUT2D eigenvalue weighted by Crippen LogP contribution is 2.37. The first-order valence-corrected chi connectivity index (χ1v) is 9.78. The van der Waals surface area contributed by atoms with E-state index in [1.807, 2.05) is 42.5 Å². The number of nitrogens with zero attached hydrogens (tertiary/aromatic N) is 1. The van der Waals surface area contributed by atoms with E-state index in [1.54, 1.807) is 0 Å². The van der Waals surface area contributed by atoms with Gasteiger partial charge in [-0.25, -0.2) is 0 Å². The summed E-state index contributed by atoms with van der Waals surface area (Å²) in [4.78, 5) is 7.67. The lowest BCUT2D eigenvalue weighted by molar-refractivity contribution is 0.223. The SMILES string of the molecule is CCCN=C(N)c1ccc2c(O)c(-c3ccc(O[C@H]4CCNC4)cc3)[nH]c2c1. The number of aromatic amines is 1. The number of benzene rings is 2. The third-order valence-corrected chi connectivity index (χ3v) is 5.03. The molecule has 0 saturated carbocycles. The average molecular weight is 378 g/mol. The molecule has 1 fully saturated rings. The van der Waals surface area contributed by atoms with Crippen LogP contribution < -0.4 is 15.8 Å². The lowest BCUT2D eigenvalue weighted by atomic mass is 10.1. The Kier molecular flexibility index (Phi) is 5.21. The highest BCUT2D eigenvalue weighted by Gasteiger charge is 2.17. The summed E-state index contributed by atoms with van der Waals surface area (Å²) in [6.45, 7) is 4.66. The maximum atomic E-state index is 10.7. The second-order valence-electron chi connectivity index (χ2n) is 7.13. The maximum Gasteiger partial charge on any atom is 0.148 e. The highest BCUT2D eigenvalue weighted by atomic mass is 16.5. The van der Waals surface area contributed by atoms with Gasteiger partial charge >= 0.3 is 0 Å². The van der Waals surface area contributed by atoms with Crippen molar-refractivity contribution in [2.45, 2.75) is 25.9 Å². The number of hydrogen-bond donors (Lipinski definition) is 4. The van der Waals surface area contributed by atoms with Gasteiger partial charge in [-0.1, -0.05) is 13.0 Å². The molecular formula is C22H26N4O2. The smallest absolute Gasteiger partial charge is 0.148 e. The molecule has 6 heteroatoms. The minimum atomic E-state index is 0.227. The summed E-state index contributed by atoms with van der Waals surface area (Å²) >= 11 is 0. The van der Waals surface area contributed by atoms with Crippen LogP contribution in [0.15, 0.2) is 47.5 Å². The summed E-state index contributed by atoms with van der Waals surface area (Å²) in [7, 11) is 0. The Labute approximate surface area is 164 Å². The van der Waals surface area contributed by atoms with Crippen LogP contribution >= 0.6 is 0 Å². The molecule has 1 aliphatic heterocycles. The maximum absolute atomic E-state index is 10.7. The molecule has 6 nitrogen and oxygen atoms in total. The van der Waals surface area contributed by atoms with Crippen LogP contribution in [0.25, 0.3) is 22.2 Å². The molecule has 2 heterocycles. The van der Waals surface area contributed by atoms with Gasteiger partial charge in [0.1, 0.15) is 23.4 Å². The van der Waals surface area contributed by atoms with E-state index in [2.05, 4.69) is 22.2 Å². The molecule has 0 aliphatic carbocycles. The van der Waals surface area contributed by atoms with Crippen LogP contribution in [-0.4, -0.2) is 41.7 Å². The Morgan fingerprint density at radius 1 is 1.25 bits per heavy atom. The number of fused-ring (bicyclic) bond motifs is 1. The van der Waals surface area contributed by atoms with E-state index in [-0.39, 0.29) is 11.9 Å². The number of amidine groups is 1. The van der Waals surface area contributed by atoms with Crippen molar-refractivity contribution in [1.82, 2.24) is 10.3 Å². The van der Waals surface area contributed by atoms with E-state index in [0.717, 1.165) is 53.7 Å². The van der Waals surface area contributed by atoms with Crippen molar-refractivity contribution < 1.29 is 9.84 Å². The predicted molar refractivity (Wildman–Crippen MR) is 113 cm³/mol. The first kappa shape index (κ1) is 18.4. The monoisotopic (exact) mass is 378 g/mol.